The third-order valence-corrected chi connectivity index (χ3v) is 3.79. The Hall–Kier alpha value is -2.75. The minimum Gasteiger partial charge on any atom is -0.483 e. The lowest BCUT2D eigenvalue weighted by Crippen LogP contribution is -2.57. The molecule has 0 aromatic carbocycles. The van der Waals surface area contributed by atoms with Gasteiger partial charge < -0.3 is 19.5 Å². The summed E-state index contributed by atoms with van der Waals surface area (Å²) >= 11 is 0. The molecular weight excluding hydrogens is 357 g/mol. The number of carbonyl (C=O) groups excluding carboxylic acids is 1. The maximum absolute atomic E-state index is 14.1. The maximum Gasteiger partial charge on any atom is 0.410 e. The smallest absolute Gasteiger partial charge is 0.410 e. The topological polar surface area (TPSA) is 103 Å². The zero-order valence-electron chi connectivity index (χ0n) is 15.6. The molecular formula is C17H22FN5O4. The van der Waals surface area contributed by atoms with Gasteiger partial charge in [-0.05, 0) is 20.8 Å². The molecule has 1 aliphatic heterocycles. The van der Waals surface area contributed by atoms with E-state index < -0.39 is 17.5 Å². The number of nitrogens with zero attached hydrogens (tertiary/aromatic N) is 5. The summed E-state index contributed by atoms with van der Waals surface area (Å²) in [4.78, 5) is 21.6. The second kappa shape index (κ2) is 7.10. The van der Waals surface area contributed by atoms with Crippen LogP contribution in [0.15, 0.2) is 12.3 Å². The molecule has 146 valence electrons. The van der Waals surface area contributed by atoms with Crippen molar-refractivity contribution < 1.29 is 23.8 Å². The minimum absolute atomic E-state index is 0.0161. The fourth-order valence-electron chi connectivity index (χ4n) is 2.53. The van der Waals surface area contributed by atoms with Crippen LogP contribution in [0.4, 0.5) is 9.18 Å². The van der Waals surface area contributed by atoms with E-state index in [0.29, 0.717) is 24.6 Å². The average Bonchev–Trinajstić information content (AvgIpc) is 2.91. The third-order valence-electron chi connectivity index (χ3n) is 3.79. The van der Waals surface area contributed by atoms with E-state index >= 15 is 0 Å². The highest BCUT2D eigenvalue weighted by molar-refractivity contribution is 5.69. The van der Waals surface area contributed by atoms with Crippen molar-refractivity contribution in [2.75, 3.05) is 13.1 Å². The molecule has 2 aromatic heterocycles. The maximum atomic E-state index is 14.1. The highest BCUT2D eigenvalue weighted by Gasteiger charge is 2.35. The Morgan fingerprint density at radius 1 is 1.41 bits per heavy atom. The van der Waals surface area contributed by atoms with Crippen LogP contribution in [0.25, 0.3) is 11.5 Å². The van der Waals surface area contributed by atoms with Gasteiger partial charge in [-0.2, -0.15) is 5.10 Å². The second-order valence-electron chi connectivity index (χ2n) is 7.26. The molecule has 0 spiro atoms. The molecule has 3 rings (SSSR count). The van der Waals surface area contributed by atoms with Crippen molar-refractivity contribution in [2.24, 2.45) is 7.05 Å². The highest BCUT2D eigenvalue weighted by Crippen LogP contribution is 2.26. The lowest BCUT2D eigenvalue weighted by molar-refractivity contribution is -0.0229. The number of hydrogen-bond donors (Lipinski definition) is 1. The van der Waals surface area contributed by atoms with E-state index in [0.717, 1.165) is 6.20 Å². The van der Waals surface area contributed by atoms with Gasteiger partial charge in [0, 0.05) is 13.1 Å². The summed E-state index contributed by atoms with van der Waals surface area (Å²) in [5, 5.41) is 13.2. The zero-order chi connectivity index (χ0) is 19.8. The summed E-state index contributed by atoms with van der Waals surface area (Å²) in [7, 11) is 1.65. The third kappa shape index (κ3) is 4.33. The predicted molar refractivity (Wildman–Crippen MR) is 92.3 cm³/mol. The Balaban J connectivity index is 1.66. The number of amides is 1. The molecule has 2 aromatic rings. The van der Waals surface area contributed by atoms with E-state index in [1.807, 2.05) is 0 Å². The van der Waals surface area contributed by atoms with E-state index in [1.165, 1.54) is 15.6 Å². The molecule has 1 saturated heterocycles. The van der Waals surface area contributed by atoms with Crippen LogP contribution in [0.3, 0.4) is 0 Å². The van der Waals surface area contributed by atoms with Gasteiger partial charge in [-0.15, -0.1) is 0 Å². The van der Waals surface area contributed by atoms with Crippen molar-refractivity contribution in [1.29, 1.82) is 0 Å². The Morgan fingerprint density at radius 3 is 2.70 bits per heavy atom. The van der Waals surface area contributed by atoms with Crippen LogP contribution in [0.2, 0.25) is 0 Å². The van der Waals surface area contributed by atoms with E-state index in [2.05, 4.69) is 15.1 Å². The van der Waals surface area contributed by atoms with Crippen LogP contribution in [-0.4, -0.2) is 60.6 Å². The Bertz CT molecular complexity index is 842. The molecule has 0 unspecified atom stereocenters. The summed E-state index contributed by atoms with van der Waals surface area (Å²) in [5.74, 6) is 0.0300. The first-order valence-electron chi connectivity index (χ1n) is 8.47. The minimum atomic E-state index is -0.612. The SMILES string of the molecule is Cn1nc(CO)nc1-c1cc(OC2CN(C(=O)OC(C)(C)C)C2)c(F)cn1. The van der Waals surface area contributed by atoms with Crippen molar-refractivity contribution in [3.8, 4) is 17.3 Å². The van der Waals surface area contributed by atoms with Crippen LogP contribution >= 0.6 is 0 Å². The number of aromatic nitrogens is 4. The van der Waals surface area contributed by atoms with Gasteiger partial charge in [0.1, 0.15) is 24.0 Å². The van der Waals surface area contributed by atoms with Crippen molar-refractivity contribution in [3.05, 3.63) is 23.9 Å². The van der Waals surface area contributed by atoms with Crippen LogP contribution in [0.5, 0.6) is 5.75 Å². The van der Waals surface area contributed by atoms with Gasteiger partial charge in [0.05, 0.1) is 19.3 Å². The van der Waals surface area contributed by atoms with Crippen molar-refractivity contribution in [2.45, 2.75) is 39.1 Å². The lowest BCUT2D eigenvalue weighted by Gasteiger charge is -2.39. The molecule has 1 aliphatic rings. The molecule has 1 N–H and O–H groups in total. The zero-order valence-corrected chi connectivity index (χ0v) is 15.6. The summed E-state index contributed by atoms with van der Waals surface area (Å²) in [6.07, 6.45) is 0.283. The fraction of sp³-hybridized carbons (Fsp3) is 0.529. The standard InChI is InChI=1S/C17H22FN5O4/c1-17(2,3)27-16(25)23-7-10(8-23)26-13-5-12(19-6-11(13)18)15-20-14(9-24)21-22(15)4/h5-6,10,24H,7-9H2,1-4H3. The van der Waals surface area contributed by atoms with Crippen LogP contribution in [-0.2, 0) is 18.4 Å². The molecule has 1 fully saturated rings. The fourth-order valence-corrected chi connectivity index (χ4v) is 2.53. The molecule has 0 atom stereocenters. The number of hydrogen-bond acceptors (Lipinski definition) is 7. The van der Waals surface area contributed by atoms with E-state index in [-0.39, 0.29) is 24.3 Å². The first-order valence-corrected chi connectivity index (χ1v) is 8.47. The molecule has 0 bridgehead atoms. The molecule has 10 heteroatoms. The molecule has 3 heterocycles. The number of aryl methyl sites for hydroxylation is 1. The Labute approximate surface area is 155 Å². The number of rotatable bonds is 4. The van der Waals surface area contributed by atoms with Crippen molar-refractivity contribution in [1.82, 2.24) is 24.6 Å². The van der Waals surface area contributed by atoms with Gasteiger partial charge in [0.2, 0.25) is 0 Å². The quantitative estimate of drug-likeness (QED) is 0.859. The van der Waals surface area contributed by atoms with Gasteiger partial charge in [-0.25, -0.2) is 23.8 Å². The van der Waals surface area contributed by atoms with Gasteiger partial charge in [-0.3, -0.25) is 0 Å². The Kier molecular flexibility index (Phi) is 5.01. The number of ether oxygens (including phenoxy) is 2. The second-order valence-corrected chi connectivity index (χ2v) is 7.26. The average molecular weight is 379 g/mol. The first kappa shape index (κ1) is 19.0. The van der Waals surface area contributed by atoms with E-state index in [4.69, 9.17) is 14.6 Å². The van der Waals surface area contributed by atoms with Gasteiger partial charge in [0.15, 0.2) is 23.2 Å². The number of aliphatic hydroxyl groups excluding tert-OH is 1. The van der Waals surface area contributed by atoms with Gasteiger partial charge >= 0.3 is 6.09 Å². The molecule has 0 aliphatic carbocycles. The summed E-state index contributed by atoms with van der Waals surface area (Å²) in [6, 6.07) is 1.43. The number of carbonyl (C=O) groups is 1. The van der Waals surface area contributed by atoms with Gasteiger partial charge in [-0.1, -0.05) is 0 Å². The summed E-state index contributed by atoms with van der Waals surface area (Å²) in [5.41, 5.74) is -0.206. The van der Waals surface area contributed by atoms with E-state index in [9.17, 15) is 9.18 Å². The molecule has 0 saturated carbocycles. The van der Waals surface area contributed by atoms with Crippen molar-refractivity contribution in [3.63, 3.8) is 0 Å². The van der Waals surface area contributed by atoms with E-state index in [1.54, 1.807) is 27.8 Å². The lowest BCUT2D eigenvalue weighted by atomic mass is 10.1. The van der Waals surface area contributed by atoms with Crippen LogP contribution < -0.4 is 4.74 Å². The predicted octanol–water partition coefficient (Wildman–Crippen LogP) is 1.51. The van der Waals surface area contributed by atoms with Crippen LogP contribution in [0, 0.1) is 5.82 Å². The molecule has 0 radical (unpaired) electrons. The monoisotopic (exact) mass is 379 g/mol. The van der Waals surface area contributed by atoms with Crippen LogP contribution in [0.1, 0.15) is 26.6 Å². The number of likely N-dealkylation sites (tertiary alicyclic amines) is 1. The molecule has 27 heavy (non-hydrogen) atoms. The van der Waals surface area contributed by atoms with Gasteiger partial charge in [0.25, 0.3) is 0 Å². The van der Waals surface area contributed by atoms with Crippen molar-refractivity contribution >= 4 is 6.09 Å². The Morgan fingerprint density at radius 2 is 2.11 bits per heavy atom. The first-order chi connectivity index (χ1) is 12.7. The molecule has 9 nitrogen and oxygen atoms in total. The highest BCUT2D eigenvalue weighted by atomic mass is 19.1. The largest absolute Gasteiger partial charge is 0.483 e. The normalized spacial score (nSPS) is 14.8. The summed E-state index contributed by atoms with van der Waals surface area (Å²) in [6.45, 7) is 5.69. The number of halogens is 1. The molecule has 1 amide bonds. The number of aliphatic hydroxyl groups is 1. The summed E-state index contributed by atoms with van der Waals surface area (Å²) < 4.78 is 26.5. The number of pyridine rings is 1.